The average molecular weight is 250 g/mol. The number of hydrogen-bond donors (Lipinski definition) is 2. The highest BCUT2D eigenvalue weighted by atomic mass is 16.5. The molecule has 0 aliphatic heterocycles. The number of carbonyl (C=O) groups excluding carboxylic acids is 1. The predicted octanol–water partition coefficient (Wildman–Crippen LogP) is 0.799. The van der Waals surface area contributed by atoms with E-state index in [0.29, 0.717) is 12.2 Å². The summed E-state index contributed by atoms with van der Waals surface area (Å²) >= 11 is 0. The molecule has 0 radical (unpaired) electrons. The van der Waals surface area contributed by atoms with Crippen molar-refractivity contribution < 1.29 is 14.3 Å². The number of ether oxygens (including phenoxy) is 2. The summed E-state index contributed by atoms with van der Waals surface area (Å²) in [5, 5.41) is 0. The predicted molar refractivity (Wildman–Crippen MR) is 69.0 cm³/mol. The molecule has 1 atom stereocenters. The van der Waals surface area contributed by atoms with Crippen molar-refractivity contribution >= 4 is 5.91 Å². The van der Waals surface area contributed by atoms with E-state index >= 15 is 0 Å². The van der Waals surface area contributed by atoms with Gasteiger partial charge in [-0.1, -0.05) is 24.3 Å². The minimum absolute atomic E-state index is 0.130. The molecule has 98 valence electrons. The number of rotatable bonds is 7. The van der Waals surface area contributed by atoms with E-state index in [4.69, 9.17) is 15.3 Å². The molecule has 1 amide bonds. The van der Waals surface area contributed by atoms with E-state index < -0.39 is 12.0 Å². The summed E-state index contributed by atoms with van der Waals surface area (Å²) in [6.45, 7) is 3.81. The summed E-state index contributed by atoms with van der Waals surface area (Å²) in [6.07, 6.45) is 1.67. The number of hydrazine groups is 1. The lowest BCUT2D eigenvalue weighted by molar-refractivity contribution is -0.130. The molecule has 0 saturated carbocycles. The first-order valence-electron chi connectivity index (χ1n) is 5.57. The standard InChI is InChI=1S/C13H18N2O3/c1-3-6-10-7-4-5-8-11(10)18-12(9-17-2)13(16)15-14/h3-5,7-8,12H,1,6,9,14H2,2H3,(H,15,16). The number of carbonyl (C=O) groups is 1. The smallest absolute Gasteiger partial charge is 0.277 e. The number of benzene rings is 1. The molecule has 0 aliphatic rings. The zero-order valence-electron chi connectivity index (χ0n) is 10.4. The van der Waals surface area contributed by atoms with Crippen molar-refractivity contribution in [3.05, 3.63) is 42.5 Å². The van der Waals surface area contributed by atoms with Crippen molar-refractivity contribution in [2.24, 2.45) is 5.84 Å². The molecule has 0 aliphatic carbocycles. The van der Waals surface area contributed by atoms with E-state index in [1.165, 1.54) is 7.11 Å². The van der Waals surface area contributed by atoms with Gasteiger partial charge in [0.2, 0.25) is 6.10 Å². The Bertz CT molecular complexity index is 407. The monoisotopic (exact) mass is 250 g/mol. The van der Waals surface area contributed by atoms with Crippen LogP contribution in [0.4, 0.5) is 0 Å². The van der Waals surface area contributed by atoms with Gasteiger partial charge < -0.3 is 9.47 Å². The molecule has 1 aromatic rings. The van der Waals surface area contributed by atoms with Gasteiger partial charge in [0.1, 0.15) is 5.75 Å². The number of para-hydroxylation sites is 1. The third-order valence-electron chi connectivity index (χ3n) is 2.36. The molecule has 0 saturated heterocycles. The van der Waals surface area contributed by atoms with E-state index in [-0.39, 0.29) is 6.61 Å². The number of nitrogens with two attached hydrogens (primary N) is 1. The lowest BCUT2D eigenvalue weighted by Crippen LogP contribution is -2.44. The third kappa shape index (κ3) is 3.87. The number of methoxy groups -OCH3 is 1. The van der Waals surface area contributed by atoms with Crippen LogP contribution in [0.2, 0.25) is 0 Å². The van der Waals surface area contributed by atoms with Gasteiger partial charge in [0.05, 0.1) is 6.61 Å². The number of nitrogens with one attached hydrogen (secondary N) is 1. The molecule has 0 bridgehead atoms. The van der Waals surface area contributed by atoms with Crippen LogP contribution in [0.25, 0.3) is 0 Å². The highest BCUT2D eigenvalue weighted by Gasteiger charge is 2.20. The number of allylic oxidation sites excluding steroid dienone is 1. The van der Waals surface area contributed by atoms with Crippen LogP contribution in [0.15, 0.2) is 36.9 Å². The molecule has 1 aromatic carbocycles. The molecule has 1 rings (SSSR count). The fraction of sp³-hybridized carbons (Fsp3) is 0.308. The minimum Gasteiger partial charge on any atom is -0.478 e. The summed E-state index contributed by atoms with van der Waals surface area (Å²) in [5.41, 5.74) is 3.01. The van der Waals surface area contributed by atoms with Gasteiger partial charge in [-0.15, -0.1) is 6.58 Å². The van der Waals surface area contributed by atoms with Crippen molar-refractivity contribution in [2.45, 2.75) is 12.5 Å². The largest absolute Gasteiger partial charge is 0.478 e. The van der Waals surface area contributed by atoms with Crippen molar-refractivity contribution in [1.29, 1.82) is 0 Å². The second-order valence-electron chi connectivity index (χ2n) is 3.67. The first kappa shape index (κ1) is 14.2. The van der Waals surface area contributed by atoms with Gasteiger partial charge in [0, 0.05) is 7.11 Å². The second-order valence-corrected chi connectivity index (χ2v) is 3.67. The van der Waals surface area contributed by atoms with E-state index in [2.05, 4.69) is 12.0 Å². The SMILES string of the molecule is C=CCc1ccccc1OC(COC)C(=O)NN. The van der Waals surface area contributed by atoms with Crippen LogP contribution >= 0.6 is 0 Å². The summed E-state index contributed by atoms with van der Waals surface area (Å²) in [5.74, 6) is 5.30. The maximum atomic E-state index is 11.5. The van der Waals surface area contributed by atoms with E-state index in [1.807, 2.05) is 18.2 Å². The maximum absolute atomic E-state index is 11.5. The van der Waals surface area contributed by atoms with Crippen LogP contribution in [0.5, 0.6) is 5.75 Å². The Morgan fingerprint density at radius 1 is 1.56 bits per heavy atom. The highest BCUT2D eigenvalue weighted by molar-refractivity contribution is 5.80. The fourth-order valence-corrected chi connectivity index (χ4v) is 1.50. The Hall–Kier alpha value is -1.85. The van der Waals surface area contributed by atoms with Gasteiger partial charge in [-0.2, -0.15) is 0 Å². The second kappa shape index (κ2) is 7.47. The molecule has 0 heterocycles. The molecule has 0 fully saturated rings. The van der Waals surface area contributed by atoms with Crippen molar-refractivity contribution in [1.82, 2.24) is 5.43 Å². The van der Waals surface area contributed by atoms with Crippen molar-refractivity contribution in [2.75, 3.05) is 13.7 Å². The van der Waals surface area contributed by atoms with Crippen LogP contribution in [-0.4, -0.2) is 25.7 Å². The molecule has 0 spiro atoms. The van der Waals surface area contributed by atoms with Gasteiger partial charge in [0.25, 0.3) is 5.91 Å². The molecular formula is C13H18N2O3. The summed E-state index contributed by atoms with van der Waals surface area (Å²) in [7, 11) is 1.50. The summed E-state index contributed by atoms with van der Waals surface area (Å²) < 4.78 is 10.6. The van der Waals surface area contributed by atoms with E-state index in [9.17, 15) is 4.79 Å². The quantitative estimate of drug-likeness (QED) is 0.325. The van der Waals surface area contributed by atoms with Gasteiger partial charge in [-0.25, -0.2) is 5.84 Å². The number of hydrogen-bond acceptors (Lipinski definition) is 4. The first-order chi connectivity index (χ1) is 8.72. The molecule has 5 nitrogen and oxygen atoms in total. The van der Waals surface area contributed by atoms with Crippen LogP contribution in [0.3, 0.4) is 0 Å². The first-order valence-corrected chi connectivity index (χ1v) is 5.57. The molecule has 3 N–H and O–H groups in total. The Kier molecular flexibility index (Phi) is 5.90. The Labute approximate surface area is 107 Å². The van der Waals surface area contributed by atoms with E-state index in [0.717, 1.165) is 5.56 Å². The molecule has 1 unspecified atom stereocenters. The van der Waals surface area contributed by atoms with Gasteiger partial charge >= 0.3 is 0 Å². The topological polar surface area (TPSA) is 73.6 Å². The minimum atomic E-state index is -0.772. The average Bonchev–Trinajstić information content (AvgIpc) is 2.39. The Balaban J connectivity index is 2.85. The maximum Gasteiger partial charge on any atom is 0.277 e. The van der Waals surface area contributed by atoms with Gasteiger partial charge in [0.15, 0.2) is 0 Å². The van der Waals surface area contributed by atoms with Crippen LogP contribution in [0, 0.1) is 0 Å². The highest BCUT2D eigenvalue weighted by Crippen LogP contribution is 2.20. The summed E-state index contributed by atoms with van der Waals surface area (Å²) in [4.78, 5) is 11.5. The van der Waals surface area contributed by atoms with E-state index in [1.54, 1.807) is 12.1 Å². The van der Waals surface area contributed by atoms with Crippen LogP contribution in [-0.2, 0) is 16.0 Å². The van der Waals surface area contributed by atoms with Gasteiger partial charge in [-0.3, -0.25) is 10.2 Å². The van der Waals surface area contributed by atoms with Crippen LogP contribution < -0.4 is 16.0 Å². The lowest BCUT2D eigenvalue weighted by atomic mass is 10.1. The van der Waals surface area contributed by atoms with Crippen molar-refractivity contribution in [3.63, 3.8) is 0 Å². The van der Waals surface area contributed by atoms with Gasteiger partial charge in [-0.05, 0) is 18.1 Å². The zero-order chi connectivity index (χ0) is 13.4. The molecule has 5 heteroatoms. The molecule has 0 aromatic heterocycles. The third-order valence-corrected chi connectivity index (χ3v) is 2.36. The Morgan fingerprint density at radius 3 is 2.89 bits per heavy atom. The normalized spacial score (nSPS) is 11.7. The number of amides is 1. The molecule has 18 heavy (non-hydrogen) atoms. The van der Waals surface area contributed by atoms with Crippen LogP contribution in [0.1, 0.15) is 5.56 Å². The zero-order valence-corrected chi connectivity index (χ0v) is 10.4. The Morgan fingerprint density at radius 2 is 2.28 bits per heavy atom. The van der Waals surface area contributed by atoms with Crippen molar-refractivity contribution in [3.8, 4) is 5.75 Å². The molecular weight excluding hydrogens is 232 g/mol. The lowest BCUT2D eigenvalue weighted by Gasteiger charge is -2.18. The fourth-order valence-electron chi connectivity index (χ4n) is 1.50. The summed E-state index contributed by atoms with van der Waals surface area (Å²) in [6, 6.07) is 7.46.